The molecular weight excluding hydrogens is 424 g/mol. The molecule has 4 rings (SSSR count). The molecule has 1 amide bonds. The van der Waals surface area contributed by atoms with E-state index in [-0.39, 0.29) is 11.5 Å². The van der Waals surface area contributed by atoms with Gasteiger partial charge in [0.25, 0.3) is 5.56 Å². The second-order valence-electron chi connectivity index (χ2n) is 7.63. The lowest BCUT2D eigenvalue weighted by Crippen LogP contribution is -2.35. The monoisotopic (exact) mass is 446 g/mol. The third-order valence-corrected chi connectivity index (χ3v) is 6.92. The van der Waals surface area contributed by atoms with E-state index in [1.54, 1.807) is 29.5 Å². The molecule has 0 radical (unpaired) electrons. The number of thiophene rings is 1. The molecule has 2 aromatic heterocycles. The Bertz CT molecular complexity index is 1170. The maximum Gasteiger partial charge on any atom is 0.279 e. The number of nitrogens with one attached hydrogen (secondary N) is 1. The maximum absolute atomic E-state index is 13.3. The van der Waals surface area contributed by atoms with E-state index < -0.39 is 6.04 Å². The number of methoxy groups -OCH3 is 1. The van der Waals surface area contributed by atoms with Crippen LogP contribution < -0.4 is 15.6 Å². The third-order valence-electron chi connectivity index (χ3n) is 5.55. The highest BCUT2D eigenvalue weighted by Gasteiger charge is 2.27. The van der Waals surface area contributed by atoms with Crippen LogP contribution in [0.5, 0.6) is 5.75 Å². The molecule has 7 nitrogen and oxygen atoms in total. The van der Waals surface area contributed by atoms with Gasteiger partial charge >= 0.3 is 0 Å². The zero-order chi connectivity index (χ0) is 21.4. The van der Waals surface area contributed by atoms with Gasteiger partial charge in [-0.3, -0.25) is 9.59 Å². The Kier molecular flexibility index (Phi) is 5.79. The van der Waals surface area contributed by atoms with Gasteiger partial charge in [0.1, 0.15) is 11.8 Å². The minimum absolute atomic E-state index is 0.257. The number of benzene rings is 1. The number of fused-ring (bicyclic) bond motifs is 3. The van der Waals surface area contributed by atoms with Crippen molar-refractivity contribution in [3.05, 3.63) is 44.0 Å². The Hall–Kier alpha value is -2.45. The summed E-state index contributed by atoms with van der Waals surface area (Å²) in [5, 5.41) is 12.3. The van der Waals surface area contributed by atoms with Crippen molar-refractivity contribution in [2.24, 2.45) is 5.92 Å². The molecule has 9 heteroatoms. The van der Waals surface area contributed by atoms with Crippen molar-refractivity contribution in [1.82, 2.24) is 15.0 Å². The predicted molar refractivity (Wildman–Crippen MR) is 119 cm³/mol. The molecule has 2 atom stereocenters. The molecule has 0 bridgehead atoms. The van der Waals surface area contributed by atoms with Gasteiger partial charge in [0.2, 0.25) is 5.91 Å². The van der Waals surface area contributed by atoms with Crippen LogP contribution in [-0.2, 0) is 17.6 Å². The highest BCUT2D eigenvalue weighted by atomic mass is 35.5. The zero-order valence-corrected chi connectivity index (χ0v) is 18.6. The number of aromatic nitrogens is 3. The number of aryl methyl sites for hydroxylation is 1. The molecular formula is C21H23ClN4O3S. The first-order chi connectivity index (χ1) is 14.4. The molecule has 30 heavy (non-hydrogen) atoms. The minimum Gasteiger partial charge on any atom is -0.495 e. The Morgan fingerprint density at radius 1 is 1.47 bits per heavy atom. The van der Waals surface area contributed by atoms with Crippen LogP contribution in [0.2, 0.25) is 5.02 Å². The Balaban J connectivity index is 1.71. The Labute approximate surface area is 183 Å². The zero-order valence-electron chi connectivity index (χ0n) is 17.1. The first kappa shape index (κ1) is 20.8. The van der Waals surface area contributed by atoms with Gasteiger partial charge in [-0.15, -0.1) is 16.4 Å². The average Bonchev–Trinajstić information content (AvgIpc) is 3.08. The summed E-state index contributed by atoms with van der Waals surface area (Å²) in [5.74, 6) is 0.714. The summed E-state index contributed by atoms with van der Waals surface area (Å²) in [6.45, 7) is 4.06. The van der Waals surface area contributed by atoms with Crippen LogP contribution in [0, 0.1) is 5.92 Å². The van der Waals surface area contributed by atoms with Gasteiger partial charge in [-0.25, -0.2) is 0 Å². The van der Waals surface area contributed by atoms with Gasteiger partial charge in [0.05, 0.1) is 18.2 Å². The van der Waals surface area contributed by atoms with Crippen molar-refractivity contribution in [2.75, 3.05) is 12.4 Å². The molecule has 2 unspecified atom stereocenters. The fraction of sp³-hybridized carbons (Fsp3) is 0.429. The third kappa shape index (κ3) is 3.70. The van der Waals surface area contributed by atoms with Crippen LogP contribution in [-0.4, -0.2) is 28.0 Å². The van der Waals surface area contributed by atoms with Gasteiger partial charge < -0.3 is 10.1 Å². The highest BCUT2D eigenvalue weighted by molar-refractivity contribution is 7.18. The summed E-state index contributed by atoms with van der Waals surface area (Å²) in [7, 11) is 1.51. The lowest BCUT2D eigenvalue weighted by molar-refractivity contribution is -0.119. The van der Waals surface area contributed by atoms with Crippen molar-refractivity contribution >= 4 is 44.7 Å². The summed E-state index contributed by atoms with van der Waals surface area (Å²) in [6, 6.07) is 4.17. The van der Waals surface area contributed by atoms with E-state index in [2.05, 4.69) is 22.6 Å². The predicted octanol–water partition coefficient (Wildman–Crippen LogP) is 4.23. The van der Waals surface area contributed by atoms with Crippen LogP contribution in [0.4, 0.5) is 5.69 Å². The fourth-order valence-electron chi connectivity index (χ4n) is 3.94. The molecule has 1 aliphatic rings. The lowest BCUT2D eigenvalue weighted by atomic mass is 9.89. The van der Waals surface area contributed by atoms with E-state index >= 15 is 0 Å². The van der Waals surface area contributed by atoms with E-state index in [1.807, 2.05) is 6.92 Å². The van der Waals surface area contributed by atoms with Crippen molar-refractivity contribution in [3.63, 3.8) is 0 Å². The van der Waals surface area contributed by atoms with Crippen LogP contribution in [0.3, 0.4) is 0 Å². The van der Waals surface area contributed by atoms with E-state index in [1.165, 1.54) is 16.7 Å². The number of carbonyl (C=O) groups excluding carboxylic acids is 1. The number of carbonyl (C=O) groups is 1. The molecule has 1 aliphatic carbocycles. The standard InChI is InChI=1S/C21H23ClN4O3S/c1-4-15(19(27)23-14-10-12(22)6-8-16(14)29-3)26-21(28)18-13-7-5-11(2)9-17(13)30-20(18)24-25-26/h6,8,10-11,15H,4-5,7,9H2,1-3H3,(H,23,27). The van der Waals surface area contributed by atoms with Crippen molar-refractivity contribution in [2.45, 2.75) is 45.6 Å². The number of rotatable bonds is 5. The molecule has 2 heterocycles. The summed E-state index contributed by atoms with van der Waals surface area (Å²) >= 11 is 7.60. The van der Waals surface area contributed by atoms with Crippen LogP contribution in [0.1, 0.15) is 43.2 Å². The molecule has 0 spiro atoms. The second-order valence-corrected chi connectivity index (χ2v) is 9.15. The maximum atomic E-state index is 13.3. The largest absolute Gasteiger partial charge is 0.495 e. The molecule has 158 valence electrons. The number of hydrogen-bond acceptors (Lipinski definition) is 6. The lowest BCUT2D eigenvalue weighted by Gasteiger charge is -2.19. The number of halogens is 1. The first-order valence-electron chi connectivity index (χ1n) is 9.97. The molecule has 1 aromatic carbocycles. The molecule has 0 fully saturated rings. The highest BCUT2D eigenvalue weighted by Crippen LogP contribution is 2.35. The summed E-state index contributed by atoms with van der Waals surface area (Å²) in [6.07, 6.45) is 3.26. The normalized spacial score (nSPS) is 16.9. The molecule has 3 aromatic rings. The SMILES string of the molecule is CCC(C(=O)Nc1cc(Cl)ccc1OC)n1nnc2sc3c(c2c1=O)CCC(C)C3. The Morgan fingerprint density at radius 3 is 3.00 bits per heavy atom. The molecule has 0 saturated heterocycles. The van der Waals surface area contributed by atoms with E-state index in [4.69, 9.17) is 16.3 Å². The molecule has 1 N–H and O–H groups in total. The number of anilines is 1. The van der Waals surface area contributed by atoms with Gasteiger partial charge in [-0.05, 0) is 55.4 Å². The van der Waals surface area contributed by atoms with Crippen molar-refractivity contribution in [1.29, 1.82) is 0 Å². The second kappa shape index (κ2) is 8.35. The number of amides is 1. The summed E-state index contributed by atoms with van der Waals surface area (Å²) in [4.78, 5) is 28.2. The van der Waals surface area contributed by atoms with Gasteiger partial charge in [0, 0.05) is 9.90 Å². The first-order valence-corrected chi connectivity index (χ1v) is 11.2. The van der Waals surface area contributed by atoms with Gasteiger partial charge in [-0.2, -0.15) is 4.68 Å². The van der Waals surface area contributed by atoms with E-state index in [0.717, 1.165) is 24.8 Å². The van der Waals surface area contributed by atoms with Gasteiger partial charge in [0.15, 0.2) is 4.83 Å². The van der Waals surface area contributed by atoms with Crippen molar-refractivity contribution in [3.8, 4) is 5.75 Å². The minimum atomic E-state index is -0.795. The fourth-order valence-corrected chi connectivity index (χ4v) is 5.43. The van der Waals surface area contributed by atoms with Crippen LogP contribution in [0.15, 0.2) is 23.0 Å². The summed E-state index contributed by atoms with van der Waals surface area (Å²) < 4.78 is 6.50. The number of hydrogen-bond donors (Lipinski definition) is 1. The smallest absolute Gasteiger partial charge is 0.279 e. The van der Waals surface area contributed by atoms with Crippen LogP contribution >= 0.6 is 22.9 Å². The average molecular weight is 447 g/mol. The van der Waals surface area contributed by atoms with Gasteiger partial charge in [-0.1, -0.05) is 30.7 Å². The Morgan fingerprint density at radius 2 is 2.27 bits per heavy atom. The quantitative estimate of drug-likeness (QED) is 0.633. The topological polar surface area (TPSA) is 86.1 Å². The summed E-state index contributed by atoms with van der Waals surface area (Å²) in [5.41, 5.74) is 1.26. The van der Waals surface area contributed by atoms with E-state index in [0.29, 0.717) is 39.0 Å². The van der Waals surface area contributed by atoms with E-state index in [9.17, 15) is 9.59 Å². The number of ether oxygens (including phenoxy) is 1. The van der Waals surface area contributed by atoms with Crippen molar-refractivity contribution < 1.29 is 9.53 Å². The number of nitrogens with zero attached hydrogens (tertiary/aromatic N) is 3. The molecule has 0 aliphatic heterocycles. The molecule has 0 saturated carbocycles. The van der Waals surface area contributed by atoms with Crippen LogP contribution in [0.25, 0.3) is 10.2 Å².